The number of hydrogen-bond acceptors (Lipinski definition) is 1. The minimum absolute atomic E-state index is 1.02. The number of hydrogen-bond donors (Lipinski definition) is 0. The van der Waals surface area contributed by atoms with Crippen molar-refractivity contribution in [3.63, 3.8) is 0 Å². The summed E-state index contributed by atoms with van der Waals surface area (Å²) >= 11 is 0. The molecule has 6 rings (SSSR count). The van der Waals surface area contributed by atoms with E-state index in [9.17, 15) is 0 Å². The van der Waals surface area contributed by atoms with E-state index in [1.807, 2.05) is 0 Å². The topological polar surface area (TPSA) is 12.5 Å². The van der Waals surface area contributed by atoms with Gasteiger partial charge in [-0.05, 0) is 55.2 Å². The van der Waals surface area contributed by atoms with Crippen molar-refractivity contribution in [2.75, 3.05) is 0 Å². The Morgan fingerprint density at radius 1 is 0.435 bits per heavy atom. The predicted molar refractivity (Wildman–Crippen MR) is 96.5 cm³/mol. The molecular formula is C22H12O. The molecule has 1 heterocycles. The molecule has 0 fully saturated rings. The van der Waals surface area contributed by atoms with Crippen LogP contribution in [0.25, 0.3) is 43.1 Å². The van der Waals surface area contributed by atoms with Crippen LogP contribution in [0.1, 0.15) is 0 Å². The van der Waals surface area contributed by atoms with Gasteiger partial charge in [-0.25, -0.2) is 0 Å². The number of rotatable bonds is 0. The lowest BCUT2D eigenvalue weighted by atomic mass is 9.94. The van der Waals surface area contributed by atoms with E-state index in [0.29, 0.717) is 0 Å². The van der Waals surface area contributed by atoms with E-state index < -0.39 is 0 Å². The van der Waals surface area contributed by atoms with Crippen LogP contribution < -0.4 is 4.74 Å². The smallest absolute Gasteiger partial charge is 0.170 e. The summed E-state index contributed by atoms with van der Waals surface area (Å²) in [6.07, 6.45) is 0. The normalized spacial score (nSPS) is 12.7. The third kappa shape index (κ3) is 1.46. The summed E-state index contributed by atoms with van der Waals surface area (Å²) in [7, 11) is 0. The molecule has 5 aromatic carbocycles. The van der Waals surface area contributed by atoms with Crippen molar-refractivity contribution in [1.82, 2.24) is 0 Å². The lowest BCUT2D eigenvalue weighted by molar-refractivity contribution is 0.650. The largest absolute Gasteiger partial charge is 0.449 e. The molecule has 106 valence electrons. The summed E-state index contributed by atoms with van der Waals surface area (Å²) < 4.78 is 5.48. The third-order valence-corrected chi connectivity index (χ3v) is 4.98. The van der Waals surface area contributed by atoms with Gasteiger partial charge in [-0.3, -0.25) is 0 Å². The van der Waals surface area contributed by atoms with Crippen molar-refractivity contribution in [2.45, 2.75) is 0 Å². The Morgan fingerprint density at radius 3 is 1.91 bits per heavy atom. The van der Waals surface area contributed by atoms with E-state index in [0.717, 1.165) is 11.5 Å². The first-order valence-electron chi connectivity index (χ1n) is 7.87. The zero-order chi connectivity index (χ0) is 15.0. The van der Waals surface area contributed by atoms with Crippen LogP contribution in [-0.2, 0) is 0 Å². The molecule has 1 nitrogen and oxygen atoms in total. The molecule has 0 radical (unpaired) electrons. The monoisotopic (exact) mass is 292 g/mol. The second-order valence-electron chi connectivity index (χ2n) is 6.23. The van der Waals surface area contributed by atoms with Gasteiger partial charge in [0.2, 0.25) is 0 Å². The van der Waals surface area contributed by atoms with Crippen molar-refractivity contribution in [2.24, 2.45) is 0 Å². The molecule has 0 saturated carbocycles. The second-order valence-corrected chi connectivity index (χ2v) is 6.23. The fourth-order valence-corrected chi connectivity index (χ4v) is 3.80. The molecule has 0 bridgehead atoms. The van der Waals surface area contributed by atoms with Gasteiger partial charge in [0.05, 0.1) is 0 Å². The Labute approximate surface area is 132 Å². The van der Waals surface area contributed by atoms with Crippen LogP contribution >= 0.6 is 0 Å². The molecule has 0 atom stereocenters. The van der Waals surface area contributed by atoms with Crippen LogP contribution in [0.4, 0.5) is 0 Å². The maximum absolute atomic E-state index is 5.48. The molecule has 0 aromatic heterocycles. The van der Waals surface area contributed by atoms with Gasteiger partial charge in [0, 0.05) is 0 Å². The molecule has 0 amide bonds. The van der Waals surface area contributed by atoms with Crippen LogP contribution in [0.3, 0.4) is 0 Å². The molecule has 1 aliphatic rings. The highest BCUT2D eigenvalue weighted by Gasteiger charge is 2.21. The summed E-state index contributed by atoms with van der Waals surface area (Å²) in [5.41, 5.74) is 0. The molecular weight excluding hydrogens is 280 g/mol. The molecule has 23 heavy (non-hydrogen) atoms. The van der Waals surface area contributed by atoms with Gasteiger partial charge in [-0.2, -0.15) is 0 Å². The number of benzene rings is 5. The van der Waals surface area contributed by atoms with Crippen molar-refractivity contribution in [3.05, 3.63) is 72.8 Å². The van der Waals surface area contributed by atoms with E-state index in [1.165, 1.54) is 43.1 Å². The maximum atomic E-state index is 5.48. The van der Waals surface area contributed by atoms with Crippen LogP contribution in [0, 0.1) is 0 Å². The van der Waals surface area contributed by atoms with Crippen molar-refractivity contribution in [1.29, 1.82) is 0 Å². The molecule has 1 aliphatic heterocycles. The third-order valence-electron chi connectivity index (χ3n) is 4.98. The van der Waals surface area contributed by atoms with E-state index in [1.54, 1.807) is 0 Å². The highest BCUT2D eigenvalue weighted by atomic mass is 16.6. The van der Waals surface area contributed by atoms with Gasteiger partial charge < -0.3 is 4.74 Å². The van der Waals surface area contributed by atoms with Crippen molar-refractivity contribution < 1.29 is 4.74 Å². The van der Waals surface area contributed by atoms with Crippen LogP contribution in [-0.4, -0.2) is 0 Å². The second kappa shape index (κ2) is 3.82. The first-order valence-corrected chi connectivity index (χ1v) is 7.87. The Bertz CT molecular complexity index is 1280. The van der Waals surface area contributed by atoms with Crippen molar-refractivity contribution in [3.8, 4) is 11.5 Å². The maximum Gasteiger partial charge on any atom is 0.170 e. The zero-order valence-electron chi connectivity index (χ0n) is 12.3. The van der Waals surface area contributed by atoms with Gasteiger partial charge in [0.1, 0.15) is 0 Å². The van der Waals surface area contributed by atoms with Crippen LogP contribution in [0.2, 0.25) is 0 Å². The highest BCUT2D eigenvalue weighted by molar-refractivity contribution is 6.22. The van der Waals surface area contributed by atoms with Crippen molar-refractivity contribution >= 4 is 43.1 Å². The van der Waals surface area contributed by atoms with Gasteiger partial charge in [-0.1, -0.05) is 60.7 Å². The average molecular weight is 292 g/mol. The minimum Gasteiger partial charge on any atom is -0.449 e. The fraction of sp³-hybridized carbons (Fsp3) is 0. The standard InChI is InChI=1S/C22H12O/c1-2-4-15-13(3-1)5-7-17-16(15)9-10-19-18(17)8-6-14-11-21-22(23-21)12-20(14)19/h1-12H. The molecule has 0 aliphatic carbocycles. The Balaban J connectivity index is 1.85. The lowest BCUT2D eigenvalue weighted by Gasteiger charge is -2.09. The lowest BCUT2D eigenvalue weighted by Crippen LogP contribution is -1.81. The fourth-order valence-electron chi connectivity index (χ4n) is 3.80. The summed E-state index contributed by atoms with van der Waals surface area (Å²) in [6, 6.07) is 26.3. The van der Waals surface area contributed by atoms with E-state index in [4.69, 9.17) is 4.74 Å². The van der Waals surface area contributed by atoms with Crippen LogP contribution in [0.5, 0.6) is 11.5 Å². The first-order chi connectivity index (χ1) is 11.4. The molecule has 1 heteroatoms. The molecule has 5 aromatic rings. The summed E-state index contributed by atoms with van der Waals surface area (Å²) in [6.45, 7) is 0. The van der Waals surface area contributed by atoms with E-state index in [-0.39, 0.29) is 0 Å². The van der Waals surface area contributed by atoms with Crippen LogP contribution in [0.15, 0.2) is 72.8 Å². The molecule has 0 saturated heterocycles. The van der Waals surface area contributed by atoms with Gasteiger partial charge in [-0.15, -0.1) is 0 Å². The van der Waals surface area contributed by atoms with Gasteiger partial charge >= 0.3 is 0 Å². The quantitative estimate of drug-likeness (QED) is 0.233. The molecule has 0 N–H and O–H groups in total. The Morgan fingerprint density at radius 2 is 1.04 bits per heavy atom. The summed E-state index contributed by atoms with van der Waals surface area (Å²) in [5, 5.41) is 10.4. The molecule has 0 spiro atoms. The first kappa shape index (κ1) is 11.5. The summed E-state index contributed by atoms with van der Waals surface area (Å²) in [4.78, 5) is 0. The van der Waals surface area contributed by atoms with E-state index >= 15 is 0 Å². The SMILES string of the molecule is c1ccc2c(c1)ccc1c2ccc2c3cc4c(cc3ccc21)O4. The van der Waals surface area contributed by atoms with E-state index in [2.05, 4.69) is 72.8 Å². The predicted octanol–water partition coefficient (Wildman–Crippen LogP) is 6.41. The van der Waals surface area contributed by atoms with Gasteiger partial charge in [0.25, 0.3) is 0 Å². The highest BCUT2D eigenvalue weighted by Crippen LogP contribution is 2.49. The summed E-state index contributed by atoms with van der Waals surface area (Å²) in [5.74, 6) is 2.03. The Kier molecular flexibility index (Phi) is 1.91. The average Bonchev–Trinajstić information content (AvgIpc) is 3.37. The zero-order valence-corrected chi connectivity index (χ0v) is 12.3. The molecule has 0 unspecified atom stereocenters. The Hall–Kier alpha value is -3.06. The number of fused-ring (bicyclic) bond motifs is 8. The van der Waals surface area contributed by atoms with Gasteiger partial charge in [0.15, 0.2) is 11.5 Å². The minimum atomic E-state index is 1.02. The number of ether oxygens (including phenoxy) is 1.